The molecule has 138 valence electrons. The van der Waals surface area contributed by atoms with Crippen molar-refractivity contribution in [2.24, 2.45) is 0 Å². The van der Waals surface area contributed by atoms with E-state index in [9.17, 15) is 4.79 Å². The molecular weight excluding hydrogens is 352 g/mol. The van der Waals surface area contributed by atoms with Crippen LogP contribution in [0.15, 0.2) is 42.5 Å². The Bertz CT molecular complexity index is 781. The Morgan fingerprint density at radius 1 is 1.27 bits per heavy atom. The zero-order valence-corrected chi connectivity index (χ0v) is 15.8. The number of methoxy groups -OCH3 is 1. The van der Waals surface area contributed by atoms with Crippen LogP contribution in [-0.4, -0.2) is 43.6 Å². The number of halogens is 1. The van der Waals surface area contributed by atoms with E-state index in [1.807, 2.05) is 36.1 Å². The van der Waals surface area contributed by atoms with Gasteiger partial charge in [0.15, 0.2) is 11.5 Å². The van der Waals surface area contributed by atoms with Crippen LogP contribution >= 0.6 is 11.6 Å². The summed E-state index contributed by atoms with van der Waals surface area (Å²) < 4.78 is 11.3. The minimum absolute atomic E-state index is 0.00922. The Morgan fingerprint density at radius 3 is 2.81 bits per heavy atom. The summed E-state index contributed by atoms with van der Waals surface area (Å²) in [6.45, 7) is 4.70. The summed E-state index contributed by atoms with van der Waals surface area (Å²) in [7, 11) is 1.57. The number of ether oxygens (including phenoxy) is 2. The first-order valence-corrected chi connectivity index (χ1v) is 9.04. The second kappa shape index (κ2) is 8.43. The van der Waals surface area contributed by atoms with E-state index in [-0.39, 0.29) is 11.9 Å². The molecule has 1 fully saturated rings. The highest BCUT2D eigenvalue weighted by Gasteiger charge is 2.24. The number of hydrogen-bond acceptors (Lipinski definition) is 4. The van der Waals surface area contributed by atoms with Crippen LogP contribution in [0.25, 0.3) is 0 Å². The Morgan fingerprint density at radius 2 is 2.08 bits per heavy atom. The van der Waals surface area contributed by atoms with E-state index >= 15 is 0 Å². The number of carbonyl (C=O) groups excluding carboxylic acids is 1. The minimum atomic E-state index is 0.00922. The molecule has 1 aliphatic rings. The van der Waals surface area contributed by atoms with Crippen molar-refractivity contribution in [1.82, 2.24) is 10.2 Å². The van der Waals surface area contributed by atoms with Crippen molar-refractivity contribution in [2.45, 2.75) is 19.6 Å². The van der Waals surface area contributed by atoms with Gasteiger partial charge in [0, 0.05) is 41.8 Å². The summed E-state index contributed by atoms with van der Waals surface area (Å²) >= 11 is 6.16. The molecule has 1 saturated heterocycles. The van der Waals surface area contributed by atoms with Gasteiger partial charge in [-0.1, -0.05) is 29.8 Å². The largest absolute Gasteiger partial charge is 0.493 e. The lowest BCUT2D eigenvalue weighted by atomic mass is 10.1. The maximum Gasteiger partial charge on any atom is 0.254 e. The van der Waals surface area contributed by atoms with Gasteiger partial charge in [-0.2, -0.15) is 0 Å². The Kier molecular flexibility index (Phi) is 6.01. The maximum absolute atomic E-state index is 12.8. The number of amides is 1. The van der Waals surface area contributed by atoms with Crippen LogP contribution in [0.1, 0.15) is 22.8 Å². The molecule has 3 rings (SSSR count). The Labute approximate surface area is 158 Å². The first kappa shape index (κ1) is 18.5. The second-order valence-corrected chi connectivity index (χ2v) is 6.70. The normalized spacial score (nSPS) is 17.0. The van der Waals surface area contributed by atoms with Crippen LogP contribution in [0.5, 0.6) is 11.5 Å². The molecule has 2 aromatic carbocycles. The zero-order chi connectivity index (χ0) is 18.5. The first-order valence-electron chi connectivity index (χ1n) is 8.66. The lowest BCUT2D eigenvalue weighted by molar-refractivity contribution is 0.0655. The molecule has 1 amide bonds. The van der Waals surface area contributed by atoms with Crippen LogP contribution in [0, 0.1) is 0 Å². The van der Waals surface area contributed by atoms with Gasteiger partial charge in [0.05, 0.1) is 7.11 Å². The Hall–Kier alpha value is -2.24. The summed E-state index contributed by atoms with van der Waals surface area (Å²) in [6.07, 6.45) is 0. The van der Waals surface area contributed by atoms with E-state index in [2.05, 4.69) is 5.32 Å². The van der Waals surface area contributed by atoms with Gasteiger partial charge in [-0.25, -0.2) is 0 Å². The molecule has 0 radical (unpaired) electrons. The van der Waals surface area contributed by atoms with Crippen LogP contribution in [0.3, 0.4) is 0 Å². The summed E-state index contributed by atoms with van der Waals surface area (Å²) in [5.74, 6) is 1.12. The van der Waals surface area contributed by atoms with Gasteiger partial charge < -0.3 is 19.7 Å². The molecule has 5 nitrogen and oxygen atoms in total. The summed E-state index contributed by atoms with van der Waals surface area (Å²) in [6, 6.07) is 13.0. The van der Waals surface area contributed by atoms with Crippen molar-refractivity contribution in [3.05, 3.63) is 58.6 Å². The molecule has 1 aliphatic heterocycles. The van der Waals surface area contributed by atoms with Gasteiger partial charge in [0.25, 0.3) is 5.91 Å². The van der Waals surface area contributed by atoms with Crippen molar-refractivity contribution in [3.8, 4) is 11.5 Å². The molecule has 0 aliphatic carbocycles. The van der Waals surface area contributed by atoms with Crippen molar-refractivity contribution in [2.75, 3.05) is 26.7 Å². The lowest BCUT2D eigenvalue weighted by Crippen LogP contribution is -2.52. The third-order valence-electron chi connectivity index (χ3n) is 4.51. The van der Waals surface area contributed by atoms with Gasteiger partial charge in [-0.05, 0) is 31.2 Å². The van der Waals surface area contributed by atoms with E-state index in [1.54, 1.807) is 25.3 Å². The molecule has 26 heavy (non-hydrogen) atoms. The Balaban J connectivity index is 1.75. The molecule has 0 saturated carbocycles. The van der Waals surface area contributed by atoms with Gasteiger partial charge >= 0.3 is 0 Å². The van der Waals surface area contributed by atoms with Crippen LogP contribution in [0.2, 0.25) is 5.02 Å². The minimum Gasteiger partial charge on any atom is -0.493 e. The highest BCUT2D eigenvalue weighted by Crippen LogP contribution is 2.30. The third kappa shape index (κ3) is 4.11. The molecule has 0 bridgehead atoms. The number of rotatable bonds is 5. The molecule has 0 spiro atoms. The lowest BCUT2D eigenvalue weighted by Gasteiger charge is -2.34. The average molecular weight is 375 g/mol. The summed E-state index contributed by atoms with van der Waals surface area (Å²) in [4.78, 5) is 14.7. The number of hydrogen-bond donors (Lipinski definition) is 1. The second-order valence-electron chi connectivity index (χ2n) is 6.30. The van der Waals surface area contributed by atoms with Gasteiger partial charge in [0.1, 0.15) is 6.61 Å². The molecule has 1 N–H and O–H groups in total. The number of nitrogens with one attached hydrogen (secondary N) is 1. The molecular formula is C20H23ClN2O3. The van der Waals surface area contributed by atoms with Gasteiger partial charge in [0.2, 0.25) is 0 Å². The predicted molar refractivity (Wildman–Crippen MR) is 102 cm³/mol. The summed E-state index contributed by atoms with van der Waals surface area (Å²) in [5, 5.41) is 3.95. The molecule has 1 heterocycles. The topological polar surface area (TPSA) is 50.8 Å². The van der Waals surface area contributed by atoms with E-state index in [4.69, 9.17) is 21.1 Å². The number of carbonyl (C=O) groups is 1. The van der Waals surface area contributed by atoms with Crippen LogP contribution < -0.4 is 14.8 Å². The highest BCUT2D eigenvalue weighted by molar-refractivity contribution is 6.31. The smallest absolute Gasteiger partial charge is 0.254 e. The van der Waals surface area contributed by atoms with Crippen LogP contribution in [-0.2, 0) is 6.61 Å². The van der Waals surface area contributed by atoms with E-state index in [0.29, 0.717) is 35.2 Å². The zero-order valence-electron chi connectivity index (χ0n) is 15.0. The number of benzene rings is 2. The third-order valence-corrected chi connectivity index (χ3v) is 4.88. The SMILES string of the molecule is COc1cc(C(=O)N2CCNC[C@@H]2C)ccc1OCc1ccccc1Cl. The van der Waals surface area contributed by atoms with E-state index in [0.717, 1.165) is 18.7 Å². The first-order chi connectivity index (χ1) is 12.6. The number of nitrogens with zero attached hydrogens (tertiary/aromatic N) is 1. The highest BCUT2D eigenvalue weighted by atomic mass is 35.5. The van der Waals surface area contributed by atoms with Crippen LogP contribution in [0.4, 0.5) is 0 Å². The number of piperazine rings is 1. The van der Waals surface area contributed by atoms with Crippen molar-refractivity contribution in [3.63, 3.8) is 0 Å². The molecule has 2 aromatic rings. The van der Waals surface area contributed by atoms with Gasteiger partial charge in [-0.3, -0.25) is 4.79 Å². The summed E-state index contributed by atoms with van der Waals surface area (Å²) in [5.41, 5.74) is 1.49. The van der Waals surface area contributed by atoms with Gasteiger partial charge in [-0.15, -0.1) is 0 Å². The molecule has 0 aromatic heterocycles. The van der Waals surface area contributed by atoms with Crippen molar-refractivity contribution in [1.29, 1.82) is 0 Å². The fourth-order valence-corrected chi connectivity index (χ4v) is 3.19. The fourth-order valence-electron chi connectivity index (χ4n) is 3.00. The molecule has 6 heteroatoms. The quantitative estimate of drug-likeness (QED) is 0.871. The van der Waals surface area contributed by atoms with E-state index < -0.39 is 0 Å². The predicted octanol–water partition coefficient (Wildman–Crippen LogP) is 3.36. The molecule has 1 atom stereocenters. The van der Waals surface area contributed by atoms with E-state index in [1.165, 1.54) is 0 Å². The van der Waals surface area contributed by atoms with Crippen molar-refractivity contribution < 1.29 is 14.3 Å². The monoisotopic (exact) mass is 374 g/mol. The maximum atomic E-state index is 12.8. The fraction of sp³-hybridized carbons (Fsp3) is 0.350. The van der Waals surface area contributed by atoms with Crippen molar-refractivity contribution >= 4 is 17.5 Å². The molecule has 0 unspecified atom stereocenters. The average Bonchev–Trinajstić information content (AvgIpc) is 2.67. The standard InChI is InChI=1S/C20H23ClN2O3/c1-14-12-22-9-10-23(14)20(24)15-7-8-18(19(11-15)25-2)26-13-16-5-3-4-6-17(16)21/h3-8,11,14,22H,9-10,12-13H2,1-2H3/t14-/m0/s1.